The lowest BCUT2D eigenvalue weighted by Crippen LogP contribution is -2.43. The highest BCUT2D eigenvalue weighted by atomic mass is 127. The van der Waals surface area contributed by atoms with E-state index in [0.29, 0.717) is 0 Å². The molecular formula is C21H35IN4O. The molecule has 27 heavy (non-hydrogen) atoms. The van der Waals surface area contributed by atoms with Crippen molar-refractivity contribution in [1.29, 1.82) is 0 Å². The van der Waals surface area contributed by atoms with Crippen molar-refractivity contribution in [2.45, 2.75) is 31.7 Å². The van der Waals surface area contributed by atoms with Gasteiger partial charge in [-0.25, -0.2) is 0 Å². The molecule has 1 aliphatic rings. The Hall–Kier alpha value is -1.28. The molecule has 0 aliphatic carbocycles. The molecular weight excluding hydrogens is 451 g/mol. The lowest BCUT2D eigenvalue weighted by molar-refractivity contribution is 0.238. The third kappa shape index (κ3) is 6.99. The van der Waals surface area contributed by atoms with Gasteiger partial charge in [-0.15, -0.1) is 30.6 Å². The summed E-state index contributed by atoms with van der Waals surface area (Å²) in [5.41, 5.74) is 1.24. The van der Waals surface area contributed by atoms with Crippen molar-refractivity contribution in [2.75, 3.05) is 47.4 Å². The van der Waals surface area contributed by atoms with Crippen molar-refractivity contribution in [3.05, 3.63) is 42.5 Å². The molecule has 1 heterocycles. The van der Waals surface area contributed by atoms with E-state index in [9.17, 15) is 0 Å². The fraction of sp³-hybridized carbons (Fsp3) is 0.571. The van der Waals surface area contributed by atoms with Gasteiger partial charge in [-0.3, -0.25) is 9.89 Å². The number of hydrogen-bond donors (Lipinski definition) is 1. The van der Waals surface area contributed by atoms with E-state index in [4.69, 9.17) is 4.74 Å². The van der Waals surface area contributed by atoms with Crippen LogP contribution in [0.1, 0.15) is 37.3 Å². The van der Waals surface area contributed by atoms with E-state index in [1.54, 1.807) is 7.11 Å². The molecule has 1 atom stereocenters. The molecule has 0 spiro atoms. The molecule has 1 aliphatic heterocycles. The minimum atomic E-state index is 0. The topological polar surface area (TPSA) is 40.1 Å². The third-order valence-corrected chi connectivity index (χ3v) is 5.01. The van der Waals surface area contributed by atoms with Crippen LogP contribution in [0.3, 0.4) is 0 Å². The van der Waals surface area contributed by atoms with Gasteiger partial charge in [0, 0.05) is 32.7 Å². The van der Waals surface area contributed by atoms with Crippen LogP contribution in [0.15, 0.2) is 41.9 Å². The maximum atomic E-state index is 5.63. The molecule has 1 unspecified atom stereocenters. The Bertz CT molecular complexity index is 587. The Morgan fingerprint density at radius 3 is 2.70 bits per heavy atom. The largest absolute Gasteiger partial charge is 0.496 e. The molecule has 0 saturated carbocycles. The number of aliphatic imine (C=N–C) groups is 1. The summed E-state index contributed by atoms with van der Waals surface area (Å²) in [5.74, 6) is 1.90. The van der Waals surface area contributed by atoms with E-state index in [1.165, 1.54) is 18.4 Å². The van der Waals surface area contributed by atoms with Crippen LogP contribution >= 0.6 is 24.0 Å². The van der Waals surface area contributed by atoms with Crippen molar-refractivity contribution >= 4 is 29.9 Å². The van der Waals surface area contributed by atoms with E-state index < -0.39 is 0 Å². The molecule has 0 bridgehead atoms. The Labute approximate surface area is 181 Å². The van der Waals surface area contributed by atoms with Gasteiger partial charge in [0.25, 0.3) is 0 Å². The SMILES string of the molecule is C=CCCCN(C)C(=NC)NCC(c1ccccc1OC)N1CCCC1.I. The summed E-state index contributed by atoms with van der Waals surface area (Å²) in [6.07, 6.45) is 6.61. The van der Waals surface area contributed by atoms with E-state index in [2.05, 4.69) is 51.9 Å². The van der Waals surface area contributed by atoms with E-state index in [0.717, 1.165) is 50.7 Å². The first kappa shape index (κ1) is 23.8. The second-order valence-corrected chi connectivity index (χ2v) is 6.78. The number of guanidine groups is 1. The number of allylic oxidation sites excluding steroid dienone is 1. The smallest absolute Gasteiger partial charge is 0.193 e. The molecule has 0 radical (unpaired) electrons. The first-order valence-corrected chi connectivity index (χ1v) is 9.61. The summed E-state index contributed by atoms with van der Waals surface area (Å²) in [6, 6.07) is 8.64. The first-order chi connectivity index (χ1) is 12.7. The summed E-state index contributed by atoms with van der Waals surface area (Å²) in [7, 11) is 5.69. The number of benzene rings is 1. The minimum absolute atomic E-state index is 0. The van der Waals surface area contributed by atoms with E-state index in [-0.39, 0.29) is 30.0 Å². The van der Waals surface area contributed by atoms with Gasteiger partial charge in [0.15, 0.2) is 5.96 Å². The molecule has 1 aromatic carbocycles. The van der Waals surface area contributed by atoms with Crippen LogP contribution < -0.4 is 10.1 Å². The van der Waals surface area contributed by atoms with E-state index >= 15 is 0 Å². The van der Waals surface area contributed by atoms with Crippen molar-refractivity contribution < 1.29 is 4.74 Å². The molecule has 1 saturated heterocycles. The standard InChI is InChI=1S/C21H34N4O.HI/c1-5-6-9-14-24(3)21(22-2)23-17-19(25-15-10-11-16-25)18-12-7-8-13-20(18)26-4;/h5,7-8,12-13,19H,1,6,9-11,14-17H2,2-4H3,(H,22,23);1H. The third-order valence-electron chi connectivity index (χ3n) is 5.01. The second kappa shape index (κ2) is 13.0. The van der Waals surface area contributed by atoms with Crippen molar-refractivity contribution in [3.8, 4) is 5.75 Å². The Balaban J connectivity index is 0.00000364. The lowest BCUT2D eigenvalue weighted by Gasteiger charge is -2.31. The predicted molar refractivity (Wildman–Crippen MR) is 125 cm³/mol. The van der Waals surface area contributed by atoms with Gasteiger partial charge in [0.1, 0.15) is 5.75 Å². The number of para-hydroxylation sites is 1. The maximum absolute atomic E-state index is 5.63. The molecule has 6 heteroatoms. The lowest BCUT2D eigenvalue weighted by atomic mass is 10.0. The highest BCUT2D eigenvalue weighted by Gasteiger charge is 2.26. The number of nitrogens with zero attached hydrogens (tertiary/aromatic N) is 3. The Morgan fingerprint density at radius 2 is 2.07 bits per heavy atom. The summed E-state index contributed by atoms with van der Waals surface area (Å²) in [6.45, 7) is 7.85. The van der Waals surface area contributed by atoms with Crippen molar-refractivity contribution in [1.82, 2.24) is 15.1 Å². The van der Waals surface area contributed by atoms with Gasteiger partial charge < -0.3 is 15.0 Å². The molecule has 5 nitrogen and oxygen atoms in total. The quantitative estimate of drug-likeness (QED) is 0.189. The van der Waals surface area contributed by atoms with Gasteiger partial charge in [0.05, 0.1) is 13.2 Å². The maximum Gasteiger partial charge on any atom is 0.193 e. The van der Waals surface area contributed by atoms with Crippen LogP contribution in [0.25, 0.3) is 0 Å². The number of halogens is 1. The fourth-order valence-corrected chi connectivity index (χ4v) is 3.58. The zero-order valence-corrected chi connectivity index (χ0v) is 19.3. The average molecular weight is 486 g/mol. The summed E-state index contributed by atoms with van der Waals surface area (Å²) in [4.78, 5) is 9.20. The first-order valence-electron chi connectivity index (χ1n) is 9.61. The number of methoxy groups -OCH3 is 1. The fourth-order valence-electron chi connectivity index (χ4n) is 3.58. The number of hydrogen-bond acceptors (Lipinski definition) is 3. The van der Waals surface area contributed by atoms with Crippen LogP contribution in [0.5, 0.6) is 5.75 Å². The van der Waals surface area contributed by atoms with Gasteiger partial charge in [-0.1, -0.05) is 24.3 Å². The monoisotopic (exact) mass is 486 g/mol. The van der Waals surface area contributed by atoms with Crippen molar-refractivity contribution in [3.63, 3.8) is 0 Å². The zero-order valence-electron chi connectivity index (χ0n) is 17.0. The second-order valence-electron chi connectivity index (χ2n) is 6.78. The Morgan fingerprint density at radius 1 is 1.37 bits per heavy atom. The number of ether oxygens (including phenoxy) is 1. The molecule has 0 amide bonds. The predicted octanol–water partition coefficient (Wildman–Crippen LogP) is 3.92. The van der Waals surface area contributed by atoms with Crippen LogP contribution in [0, 0.1) is 0 Å². The number of rotatable bonds is 9. The molecule has 1 aromatic rings. The van der Waals surface area contributed by atoms with E-state index in [1.807, 2.05) is 19.2 Å². The molecule has 1 N–H and O–H groups in total. The molecule has 0 aromatic heterocycles. The summed E-state index contributed by atoms with van der Waals surface area (Å²) in [5, 5.41) is 3.58. The van der Waals surface area contributed by atoms with Gasteiger partial charge in [0.2, 0.25) is 0 Å². The van der Waals surface area contributed by atoms with Gasteiger partial charge >= 0.3 is 0 Å². The van der Waals surface area contributed by atoms with Crippen molar-refractivity contribution in [2.24, 2.45) is 4.99 Å². The van der Waals surface area contributed by atoms with Gasteiger partial charge in [-0.05, 0) is 44.8 Å². The van der Waals surface area contributed by atoms with Crippen LogP contribution in [0.2, 0.25) is 0 Å². The molecule has 152 valence electrons. The highest BCUT2D eigenvalue weighted by molar-refractivity contribution is 14.0. The minimum Gasteiger partial charge on any atom is -0.496 e. The summed E-state index contributed by atoms with van der Waals surface area (Å²) >= 11 is 0. The summed E-state index contributed by atoms with van der Waals surface area (Å²) < 4.78 is 5.63. The number of nitrogens with one attached hydrogen (secondary N) is 1. The number of unbranched alkanes of at least 4 members (excludes halogenated alkanes) is 1. The van der Waals surface area contributed by atoms with Crippen LogP contribution in [-0.2, 0) is 0 Å². The molecule has 1 fully saturated rings. The van der Waals surface area contributed by atoms with Gasteiger partial charge in [-0.2, -0.15) is 0 Å². The molecule has 2 rings (SSSR count). The Kier molecular flexibility index (Phi) is 11.4. The highest BCUT2D eigenvalue weighted by Crippen LogP contribution is 2.31. The average Bonchev–Trinajstić information content (AvgIpc) is 3.20. The zero-order chi connectivity index (χ0) is 18.8. The van der Waals surface area contributed by atoms with Crippen LogP contribution in [0.4, 0.5) is 0 Å². The van der Waals surface area contributed by atoms with Crippen LogP contribution in [-0.4, -0.2) is 63.1 Å². The normalized spacial score (nSPS) is 15.7. The number of likely N-dealkylation sites (tertiary alicyclic amines) is 1.